The monoisotopic (exact) mass is 313 g/mol. The zero-order chi connectivity index (χ0) is 13.4. The highest BCUT2D eigenvalue weighted by Crippen LogP contribution is 2.21. The number of hydrogen-bond donors (Lipinski definition) is 1. The first kappa shape index (κ1) is 15.7. The zero-order valence-electron chi connectivity index (χ0n) is 11.6. The van der Waals surface area contributed by atoms with E-state index in [0.29, 0.717) is 0 Å². The van der Waals surface area contributed by atoms with Crippen LogP contribution in [0.2, 0.25) is 0 Å². The average molecular weight is 314 g/mol. The second-order valence-corrected chi connectivity index (χ2v) is 5.56. The van der Waals surface area contributed by atoms with Crippen LogP contribution in [-0.2, 0) is 4.74 Å². The Labute approximate surface area is 119 Å². The van der Waals surface area contributed by atoms with Gasteiger partial charge in [0.15, 0.2) is 0 Å². The van der Waals surface area contributed by atoms with Gasteiger partial charge in [0.25, 0.3) is 0 Å². The van der Waals surface area contributed by atoms with Gasteiger partial charge in [-0.25, -0.2) is 0 Å². The van der Waals surface area contributed by atoms with E-state index in [1.54, 1.807) is 0 Å². The van der Waals surface area contributed by atoms with E-state index in [2.05, 4.69) is 60.2 Å². The van der Waals surface area contributed by atoms with E-state index in [1.165, 1.54) is 11.1 Å². The van der Waals surface area contributed by atoms with Gasteiger partial charge >= 0.3 is 0 Å². The Hall–Kier alpha value is -0.380. The lowest BCUT2D eigenvalue weighted by Gasteiger charge is -2.20. The van der Waals surface area contributed by atoms with Crippen LogP contribution < -0.4 is 5.32 Å². The molecule has 1 unspecified atom stereocenters. The van der Waals surface area contributed by atoms with Gasteiger partial charge in [0.05, 0.1) is 12.6 Å². The van der Waals surface area contributed by atoms with Crippen molar-refractivity contribution in [3.63, 3.8) is 0 Å². The predicted octanol–water partition coefficient (Wildman–Crippen LogP) is 4.22. The highest BCUT2D eigenvalue weighted by Gasteiger charge is 2.11. The largest absolute Gasteiger partial charge is 0.379 e. The molecule has 1 aromatic rings. The van der Waals surface area contributed by atoms with Crippen molar-refractivity contribution in [1.82, 2.24) is 5.32 Å². The van der Waals surface area contributed by atoms with E-state index in [4.69, 9.17) is 4.74 Å². The molecular weight excluding hydrogens is 290 g/mol. The molecule has 3 heteroatoms. The molecule has 0 bridgehead atoms. The topological polar surface area (TPSA) is 21.3 Å². The molecule has 1 N–H and O–H groups in total. The minimum absolute atomic E-state index is 0.285. The number of ether oxygens (including phenoxy) is 1. The first-order valence-electron chi connectivity index (χ1n) is 6.75. The molecule has 1 rings (SSSR count). The van der Waals surface area contributed by atoms with Gasteiger partial charge in [0.2, 0.25) is 0 Å². The second kappa shape index (κ2) is 8.68. The van der Waals surface area contributed by atoms with Crippen LogP contribution in [0.15, 0.2) is 22.7 Å². The van der Waals surface area contributed by atoms with Crippen molar-refractivity contribution in [1.29, 1.82) is 0 Å². The maximum atomic E-state index is 5.70. The van der Waals surface area contributed by atoms with Gasteiger partial charge in [0, 0.05) is 11.1 Å². The molecule has 0 aromatic heterocycles. The molecule has 0 saturated heterocycles. The van der Waals surface area contributed by atoms with Gasteiger partial charge in [-0.1, -0.05) is 35.8 Å². The fourth-order valence-corrected chi connectivity index (χ4v) is 2.53. The molecule has 0 saturated carbocycles. The maximum absolute atomic E-state index is 5.70. The molecular formula is C15H24BrNO. The Bertz CT molecular complexity index is 334. The standard InChI is InChI=1S/C15H24BrNO/c1-4-6-17-15(11-18-7-5-2)13-8-12(3)9-14(16)10-13/h8-10,15,17H,4-7,11H2,1-3H3. The second-order valence-electron chi connectivity index (χ2n) is 4.64. The summed E-state index contributed by atoms with van der Waals surface area (Å²) in [5, 5.41) is 3.55. The van der Waals surface area contributed by atoms with E-state index in [1.807, 2.05) is 0 Å². The van der Waals surface area contributed by atoms with E-state index in [0.717, 1.165) is 37.1 Å². The number of hydrogen-bond acceptors (Lipinski definition) is 2. The molecule has 18 heavy (non-hydrogen) atoms. The molecule has 0 aliphatic heterocycles. The van der Waals surface area contributed by atoms with Crippen LogP contribution in [0.1, 0.15) is 43.9 Å². The van der Waals surface area contributed by atoms with Crippen molar-refractivity contribution in [2.75, 3.05) is 19.8 Å². The summed E-state index contributed by atoms with van der Waals surface area (Å²) in [5.74, 6) is 0. The number of aryl methyl sites for hydroxylation is 1. The van der Waals surface area contributed by atoms with Gasteiger partial charge < -0.3 is 10.1 Å². The molecule has 0 fully saturated rings. The summed E-state index contributed by atoms with van der Waals surface area (Å²) in [6.07, 6.45) is 2.20. The summed E-state index contributed by atoms with van der Waals surface area (Å²) in [5.41, 5.74) is 2.57. The molecule has 0 aliphatic rings. The Morgan fingerprint density at radius 1 is 1.22 bits per heavy atom. The van der Waals surface area contributed by atoms with Crippen LogP contribution in [0.3, 0.4) is 0 Å². The van der Waals surface area contributed by atoms with Crippen molar-refractivity contribution < 1.29 is 4.74 Å². The van der Waals surface area contributed by atoms with E-state index >= 15 is 0 Å². The Kier molecular flexibility index (Phi) is 7.56. The summed E-state index contributed by atoms with van der Waals surface area (Å²) in [6.45, 7) is 9.03. The number of benzene rings is 1. The third-order valence-electron chi connectivity index (χ3n) is 2.74. The fraction of sp³-hybridized carbons (Fsp3) is 0.600. The first-order chi connectivity index (χ1) is 8.67. The number of nitrogens with one attached hydrogen (secondary N) is 1. The normalized spacial score (nSPS) is 12.7. The minimum Gasteiger partial charge on any atom is -0.379 e. The Balaban J connectivity index is 2.72. The maximum Gasteiger partial charge on any atom is 0.0661 e. The molecule has 1 atom stereocenters. The molecule has 102 valence electrons. The average Bonchev–Trinajstić information content (AvgIpc) is 2.32. The fourth-order valence-electron chi connectivity index (χ4n) is 1.90. The summed E-state index contributed by atoms with van der Waals surface area (Å²) in [4.78, 5) is 0. The highest BCUT2D eigenvalue weighted by molar-refractivity contribution is 9.10. The first-order valence-corrected chi connectivity index (χ1v) is 7.54. The SMILES string of the molecule is CCCNC(COCCC)c1cc(C)cc(Br)c1. The van der Waals surface area contributed by atoms with Crippen molar-refractivity contribution in [2.24, 2.45) is 0 Å². The van der Waals surface area contributed by atoms with Crippen LogP contribution in [0.4, 0.5) is 0 Å². The van der Waals surface area contributed by atoms with Crippen molar-refractivity contribution >= 4 is 15.9 Å². The predicted molar refractivity (Wildman–Crippen MR) is 81.0 cm³/mol. The van der Waals surface area contributed by atoms with Crippen LogP contribution in [0.5, 0.6) is 0 Å². The summed E-state index contributed by atoms with van der Waals surface area (Å²) in [6, 6.07) is 6.82. The minimum atomic E-state index is 0.285. The summed E-state index contributed by atoms with van der Waals surface area (Å²) >= 11 is 3.56. The van der Waals surface area contributed by atoms with Crippen LogP contribution in [0.25, 0.3) is 0 Å². The van der Waals surface area contributed by atoms with Crippen LogP contribution in [-0.4, -0.2) is 19.8 Å². The quantitative estimate of drug-likeness (QED) is 0.725. The Morgan fingerprint density at radius 3 is 2.61 bits per heavy atom. The lowest BCUT2D eigenvalue weighted by atomic mass is 10.0. The molecule has 0 amide bonds. The number of rotatable bonds is 8. The smallest absolute Gasteiger partial charge is 0.0661 e. The number of halogens is 1. The van der Waals surface area contributed by atoms with Gasteiger partial charge in [0.1, 0.15) is 0 Å². The summed E-state index contributed by atoms with van der Waals surface area (Å²) in [7, 11) is 0. The van der Waals surface area contributed by atoms with Crippen LogP contribution in [0, 0.1) is 6.92 Å². The summed E-state index contributed by atoms with van der Waals surface area (Å²) < 4.78 is 6.83. The lowest BCUT2D eigenvalue weighted by Crippen LogP contribution is -2.26. The van der Waals surface area contributed by atoms with Crippen LogP contribution >= 0.6 is 15.9 Å². The third-order valence-corrected chi connectivity index (χ3v) is 3.20. The molecule has 0 spiro atoms. The van der Waals surface area contributed by atoms with Gasteiger partial charge in [-0.05, 0) is 49.6 Å². The van der Waals surface area contributed by atoms with Gasteiger partial charge in [-0.3, -0.25) is 0 Å². The third kappa shape index (κ3) is 5.51. The Morgan fingerprint density at radius 2 is 2.00 bits per heavy atom. The van der Waals surface area contributed by atoms with E-state index in [9.17, 15) is 0 Å². The zero-order valence-corrected chi connectivity index (χ0v) is 13.2. The van der Waals surface area contributed by atoms with Crippen molar-refractivity contribution in [3.8, 4) is 0 Å². The highest BCUT2D eigenvalue weighted by atomic mass is 79.9. The van der Waals surface area contributed by atoms with Crippen molar-refractivity contribution in [2.45, 2.75) is 39.7 Å². The van der Waals surface area contributed by atoms with Gasteiger partial charge in [-0.15, -0.1) is 0 Å². The van der Waals surface area contributed by atoms with E-state index < -0.39 is 0 Å². The molecule has 2 nitrogen and oxygen atoms in total. The molecule has 0 heterocycles. The van der Waals surface area contributed by atoms with Crippen molar-refractivity contribution in [3.05, 3.63) is 33.8 Å². The molecule has 0 aliphatic carbocycles. The lowest BCUT2D eigenvalue weighted by molar-refractivity contribution is 0.112. The van der Waals surface area contributed by atoms with Gasteiger partial charge in [-0.2, -0.15) is 0 Å². The molecule has 0 radical (unpaired) electrons. The molecule has 1 aromatic carbocycles. The van der Waals surface area contributed by atoms with E-state index in [-0.39, 0.29) is 6.04 Å².